The molecule has 2 atom stereocenters. The minimum Gasteiger partial charge on any atom is -0.378 e. The van der Waals surface area contributed by atoms with Crippen molar-refractivity contribution in [1.29, 1.82) is 0 Å². The van der Waals surface area contributed by atoms with E-state index in [9.17, 15) is 0 Å². The fourth-order valence-electron chi connectivity index (χ4n) is 3.11. The van der Waals surface area contributed by atoms with Gasteiger partial charge in [-0.25, -0.2) is 0 Å². The first-order valence-electron chi connectivity index (χ1n) is 7.79. The molecule has 0 saturated heterocycles. The molecule has 0 spiro atoms. The predicted molar refractivity (Wildman–Crippen MR) is 76.7 cm³/mol. The van der Waals surface area contributed by atoms with Gasteiger partial charge in [0.1, 0.15) is 0 Å². The van der Waals surface area contributed by atoms with E-state index in [1.807, 2.05) is 0 Å². The summed E-state index contributed by atoms with van der Waals surface area (Å²) in [6.45, 7) is 11.4. The molecular weight excluding hydrogens is 222 g/mol. The molecule has 2 unspecified atom stereocenters. The third kappa shape index (κ3) is 4.89. The Hall–Kier alpha value is -0.0800. The second-order valence-corrected chi connectivity index (χ2v) is 7.67. The molecule has 1 N–H and O–H groups in total. The van der Waals surface area contributed by atoms with Crippen LogP contribution >= 0.6 is 0 Å². The summed E-state index contributed by atoms with van der Waals surface area (Å²) in [7, 11) is 0. The van der Waals surface area contributed by atoms with Crippen molar-refractivity contribution < 1.29 is 4.74 Å². The Morgan fingerprint density at radius 1 is 1.06 bits per heavy atom. The van der Waals surface area contributed by atoms with Gasteiger partial charge < -0.3 is 10.1 Å². The van der Waals surface area contributed by atoms with Gasteiger partial charge in [0.15, 0.2) is 0 Å². The molecule has 2 aliphatic rings. The van der Waals surface area contributed by atoms with Crippen LogP contribution in [0, 0.1) is 17.3 Å². The Morgan fingerprint density at radius 2 is 1.67 bits per heavy atom. The van der Waals surface area contributed by atoms with Crippen molar-refractivity contribution in [1.82, 2.24) is 5.32 Å². The molecule has 0 heterocycles. The van der Waals surface area contributed by atoms with Gasteiger partial charge in [0, 0.05) is 18.0 Å². The number of nitrogens with one attached hydrogen (secondary N) is 1. The minimum atomic E-state index is 0.270. The van der Waals surface area contributed by atoms with Crippen LogP contribution < -0.4 is 5.32 Å². The SMILES string of the molecule is CC1CC(C)CC(OCC(C)(C)CNC2CC2)C1. The van der Waals surface area contributed by atoms with Crippen molar-refractivity contribution in [3.05, 3.63) is 0 Å². The smallest absolute Gasteiger partial charge is 0.0580 e. The first-order chi connectivity index (χ1) is 8.44. The lowest BCUT2D eigenvalue weighted by atomic mass is 9.81. The Labute approximate surface area is 113 Å². The summed E-state index contributed by atoms with van der Waals surface area (Å²) < 4.78 is 6.20. The van der Waals surface area contributed by atoms with Gasteiger partial charge in [-0.15, -0.1) is 0 Å². The van der Waals surface area contributed by atoms with Crippen LogP contribution in [0.25, 0.3) is 0 Å². The van der Waals surface area contributed by atoms with Crippen molar-refractivity contribution in [3.63, 3.8) is 0 Å². The molecule has 2 aliphatic carbocycles. The molecule has 0 amide bonds. The van der Waals surface area contributed by atoms with Gasteiger partial charge in [-0.1, -0.05) is 27.7 Å². The molecule has 0 aliphatic heterocycles. The summed E-state index contributed by atoms with van der Waals surface area (Å²) in [6.07, 6.45) is 7.15. The van der Waals surface area contributed by atoms with Gasteiger partial charge >= 0.3 is 0 Å². The molecular formula is C16H31NO. The zero-order valence-corrected chi connectivity index (χ0v) is 12.7. The molecule has 2 rings (SSSR count). The normalized spacial score (nSPS) is 33.7. The van der Waals surface area contributed by atoms with Crippen LogP contribution in [0.15, 0.2) is 0 Å². The maximum atomic E-state index is 6.20. The van der Waals surface area contributed by atoms with Crippen molar-refractivity contribution in [2.75, 3.05) is 13.2 Å². The zero-order chi connectivity index (χ0) is 13.2. The fourth-order valence-corrected chi connectivity index (χ4v) is 3.11. The van der Waals surface area contributed by atoms with Gasteiger partial charge in [0.25, 0.3) is 0 Å². The zero-order valence-electron chi connectivity index (χ0n) is 12.7. The highest BCUT2D eigenvalue weighted by Crippen LogP contribution is 2.31. The number of hydrogen-bond donors (Lipinski definition) is 1. The van der Waals surface area contributed by atoms with Crippen molar-refractivity contribution in [3.8, 4) is 0 Å². The summed E-state index contributed by atoms with van der Waals surface area (Å²) in [5, 5.41) is 3.62. The van der Waals surface area contributed by atoms with E-state index in [1.165, 1.54) is 32.1 Å². The van der Waals surface area contributed by atoms with Crippen molar-refractivity contribution >= 4 is 0 Å². The Balaban J connectivity index is 1.68. The molecule has 18 heavy (non-hydrogen) atoms. The molecule has 0 aromatic carbocycles. The minimum absolute atomic E-state index is 0.270. The number of rotatable bonds is 6. The number of ether oxygens (including phenoxy) is 1. The predicted octanol–water partition coefficient (Wildman–Crippen LogP) is 3.61. The Morgan fingerprint density at radius 3 is 2.22 bits per heavy atom. The van der Waals surface area contributed by atoms with Crippen LogP contribution in [0.5, 0.6) is 0 Å². The molecule has 0 bridgehead atoms. The quantitative estimate of drug-likeness (QED) is 0.781. The fraction of sp³-hybridized carbons (Fsp3) is 1.00. The van der Waals surface area contributed by atoms with Gasteiger partial charge in [0.2, 0.25) is 0 Å². The molecule has 2 heteroatoms. The second kappa shape index (κ2) is 5.92. The van der Waals surface area contributed by atoms with Crippen molar-refractivity contribution in [2.45, 2.75) is 71.9 Å². The standard InChI is InChI=1S/C16H31NO/c1-12-7-13(2)9-15(8-12)18-11-16(3,4)10-17-14-5-6-14/h12-15,17H,5-11H2,1-4H3. The van der Waals surface area contributed by atoms with E-state index >= 15 is 0 Å². The highest BCUT2D eigenvalue weighted by molar-refractivity contribution is 4.84. The monoisotopic (exact) mass is 253 g/mol. The van der Waals surface area contributed by atoms with E-state index in [0.29, 0.717) is 6.10 Å². The second-order valence-electron chi connectivity index (χ2n) is 7.67. The summed E-state index contributed by atoms with van der Waals surface area (Å²) in [5.74, 6) is 1.68. The lowest BCUT2D eigenvalue weighted by Gasteiger charge is -2.34. The average Bonchev–Trinajstić information content (AvgIpc) is 3.07. The maximum Gasteiger partial charge on any atom is 0.0580 e. The van der Waals surface area contributed by atoms with E-state index in [-0.39, 0.29) is 5.41 Å². The highest BCUT2D eigenvalue weighted by Gasteiger charge is 2.28. The van der Waals surface area contributed by atoms with Gasteiger partial charge in [-0.05, 0) is 43.9 Å². The molecule has 2 nitrogen and oxygen atoms in total. The lowest BCUT2D eigenvalue weighted by Crippen LogP contribution is -2.37. The Bertz CT molecular complexity index is 250. The maximum absolute atomic E-state index is 6.20. The number of hydrogen-bond acceptors (Lipinski definition) is 2. The van der Waals surface area contributed by atoms with Crippen LogP contribution in [0.3, 0.4) is 0 Å². The van der Waals surface area contributed by atoms with E-state index in [0.717, 1.165) is 31.0 Å². The molecule has 2 saturated carbocycles. The summed E-state index contributed by atoms with van der Waals surface area (Å²) >= 11 is 0. The van der Waals surface area contributed by atoms with Crippen LogP contribution in [0.2, 0.25) is 0 Å². The third-order valence-corrected chi connectivity index (χ3v) is 4.29. The molecule has 0 radical (unpaired) electrons. The average molecular weight is 253 g/mol. The van der Waals surface area contributed by atoms with Crippen LogP contribution in [-0.2, 0) is 4.74 Å². The van der Waals surface area contributed by atoms with Gasteiger partial charge in [-0.3, -0.25) is 0 Å². The van der Waals surface area contributed by atoms with E-state index in [2.05, 4.69) is 33.0 Å². The largest absolute Gasteiger partial charge is 0.378 e. The third-order valence-electron chi connectivity index (χ3n) is 4.29. The summed E-state index contributed by atoms with van der Waals surface area (Å²) in [5.41, 5.74) is 0.270. The van der Waals surface area contributed by atoms with Crippen LogP contribution in [0.1, 0.15) is 59.8 Å². The summed E-state index contributed by atoms with van der Waals surface area (Å²) in [4.78, 5) is 0. The summed E-state index contributed by atoms with van der Waals surface area (Å²) in [6, 6.07) is 0.805. The van der Waals surface area contributed by atoms with Crippen molar-refractivity contribution in [2.24, 2.45) is 17.3 Å². The first-order valence-corrected chi connectivity index (χ1v) is 7.79. The topological polar surface area (TPSA) is 21.3 Å². The molecule has 0 aromatic heterocycles. The van der Waals surface area contributed by atoms with E-state index in [1.54, 1.807) is 0 Å². The highest BCUT2D eigenvalue weighted by atomic mass is 16.5. The lowest BCUT2D eigenvalue weighted by molar-refractivity contribution is -0.0339. The molecule has 0 aromatic rings. The molecule has 106 valence electrons. The van der Waals surface area contributed by atoms with Gasteiger partial charge in [-0.2, -0.15) is 0 Å². The first kappa shape index (κ1) is 14.3. The van der Waals surface area contributed by atoms with Gasteiger partial charge in [0.05, 0.1) is 12.7 Å². The Kier molecular flexibility index (Phi) is 4.71. The molecule has 2 fully saturated rings. The van der Waals surface area contributed by atoms with Crippen LogP contribution in [0.4, 0.5) is 0 Å². The van der Waals surface area contributed by atoms with Crippen LogP contribution in [-0.4, -0.2) is 25.3 Å². The van der Waals surface area contributed by atoms with E-state index in [4.69, 9.17) is 4.74 Å². The van der Waals surface area contributed by atoms with E-state index < -0.39 is 0 Å².